The van der Waals surface area contributed by atoms with E-state index in [2.05, 4.69) is 10.1 Å². The minimum atomic E-state index is -0.670. The average molecular weight is 493 g/mol. The average Bonchev–Trinajstić information content (AvgIpc) is 3.47. The van der Waals surface area contributed by atoms with Crippen LogP contribution in [0.25, 0.3) is 11.1 Å². The Kier molecular flexibility index (Phi) is 6.76. The van der Waals surface area contributed by atoms with Crippen LogP contribution in [0.5, 0.6) is 5.75 Å². The van der Waals surface area contributed by atoms with Crippen LogP contribution in [0.3, 0.4) is 0 Å². The molecule has 174 valence electrons. The Morgan fingerprint density at radius 3 is 2.82 bits per heavy atom. The highest BCUT2D eigenvalue weighted by molar-refractivity contribution is 6.36. The summed E-state index contributed by atoms with van der Waals surface area (Å²) in [6.45, 7) is 1.70. The molecule has 3 aromatic rings. The molecule has 1 saturated carbocycles. The van der Waals surface area contributed by atoms with Crippen molar-refractivity contribution >= 4 is 35.0 Å². The van der Waals surface area contributed by atoms with E-state index in [0.29, 0.717) is 22.8 Å². The van der Waals surface area contributed by atoms with Gasteiger partial charge in [0.25, 0.3) is 0 Å². The summed E-state index contributed by atoms with van der Waals surface area (Å²) >= 11 is 12.3. The third-order valence-electron chi connectivity index (χ3n) is 5.92. The van der Waals surface area contributed by atoms with Crippen LogP contribution in [0.4, 0.5) is 10.2 Å². The first-order valence-corrected chi connectivity index (χ1v) is 11.2. The summed E-state index contributed by atoms with van der Waals surface area (Å²) in [5.41, 5.74) is 7.92. The molecule has 33 heavy (non-hydrogen) atoms. The Bertz CT molecular complexity index is 1190. The summed E-state index contributed by atoms with van der Waals surface area (Å²) in [6, 6.07) is 4.50. The van der Waals surface area contributed by atoms with Crippen LogP contribution < -0.4 is 10.5 Å². The standard InChI is InChI=1S/C23H23Cl2FN4O3/c1-12(20-17(24)5-6-18(26)21(20)25)33-19-8-14(9-28-22(19)27)15-10-29-30(11-15)16-4-3-13(7-16)23(31)32-2/h5-6,8-13,16H,3-4,7H2,1-2H3,(H2,27,28). The highest BCUT2D eigenvalue weighted by Crippen LogP contribution is 2.38. The maximum Gasteiger partial charge on any atom is 0.308 e. The van der Waals surface area contributed by atoms with Gasteiger partial charge in [0.15, 0.2) is 11.6 Å². The Morgan fingerprint density at radius 2 is 2.06 bits per heavy atom. The summed E-state index contributed by atoms with van der Waals surface area (Å²) in [5, 5.41) is 4.67. The number of anilines is 1. The van der Waals surface area contributed by atoms with Crippen LogP contribution in [0.2, 0.25) is 10.0 Å². The third kappa shape index (κ3) is 4.77. The zero-order chi connectivity index (χ0) is 23.7. The second-order valence-corrected chi connectivity index (χ2v) is 8.81. The van der Waals surface area contributed by atoms with Gasteiger partial charge in [-0.05, 0) is 44.4 Å². The number of halogens is 3. The Hall–Kier alpha value is -2.84. The molecule has 0 spiro atoms. The van der Waals surface area contributed by atoms with Crippen LogP contribution in [0, 0.1) is 11.7 Å². The molecule has 1 fully saturated rings. The molecule has 0 saturated heterocycles. The number of hydrogen-bond acceptors (Lipinski definition) is 6. The van der Waals surface area contributed by atoms with E-state index in [1.165, 1.54) is 19.2 Å². The van der Waals surface area contributed by atoms with Gasteiger partial charge in [-0.25, -0.2) is 9.37 Å². The summed E-state index contributed by atoms with van der Waals surface area (Å²) in [5.74, 6) is -0.370. The number of nitrogen functional groups attached to an aromatic ring is 1. The van der Waals surface area contributed by atoms with Crippen molar-refractivity contribution in [3.05, 3.63) is 58.2 Å². The lowest BCUT2D eigenvalue weighted by molar-refractivity contribution is -0.145. The van der Waals surface area contributed by atoms with Crippen molar-refractivity contribution in [1.29, 1.82) is 0 Å². The molecule has 7 nitrogen and oxygen atoms in total. The Labute approximate surface area is 200 Å². The molecule has 0 radical (unpaired) electrons. The van der Waals surface area contributed by atoms with Crippen molar-refractivity contribution in [2.24, 2.45) is 5.92 Å². The second kappa shape index (κ2) is 9.57. The Morgan fingerprint density at radius 1 is 1.27 bits per heavy atom. The molecule has 0 aliphatic heterocycles. The van der Waals surface area contributed by atoms with Gasteiger partial charge in [-0.15, -0.1) is 0 Å². The Balaban J connectivity index is 1.54. The number of benzene rings is 1. The maximum absolute atomic E-state index is 13.9. The summed E-state index contributed by atoms with van der Waals surface area (Å²) in [7, 11) is 1.41. The van der Waals surface area contributed by atoms with Crippen molar-refractivity contribution in [3.63, 3.8) is 0 Å². The fourth-order valence-electron chi connectivity index (χ4n) is 4.14. The number of esters is 1. The van der Waals surface area contributed by atoms with Crippen LogP contribution >= 0.6 is 23.2 Å². The molecule has 1 aliphatic carbocycles. The van der Waals surface area contributed by atoms with Crippen molar-refractivity contribution in [1.82, 2.24) is 14.8 Å². The lowest BCUT2D eigenvalue weighted by Crippen LogP contribution is -2.14. The number of methoxy groups -OCH3 is 1. The molecule has 3 unspecified atom stereocenters. The van der Waals surface area contributed by atoms with Crippen LogP contribution in [-0.4, -0.2) is 27.8 Å². The highest BCUT2D eigenvalue weighted by Gasteiger charge is 2.32. The number of pyridine rings is 1. The van der Waals surface area contributed by atoms with Gasteiger partial charge in [-0.2, -0.15) is 5.10 Å². The van der Waals surface area contributed by atoms with Crippen LogP contribution in [0.1, 0.15) is 43.9 Å². The fraction of sp³-hybridized carbons (Fsp3) is 0.348. The molecule has 10 heteroatoms. The molecule has 1 aromatic carbocycles. The molecule has 0 bridgehead atoms. The van der Waals surface area contributed by atoms with Crippen molar-refractivity contribution in [2.45, 2.75) is 38.3 Å². The van der Waals surface area contributed by atoms with Gasteiger partial charge in [-0.1, -0.05) is 23.2 Å². The van der Waals surface area contributed by atoms with Crippen molar-refractivity contribution < 1.29 is 18.7 Å². The predicted molar refractivity (Wildman–Crippen MR) is 124 cm³/mol. The first kappa shape index (κ1) is 23.3. The van der Waals surface area contributed by atoms with Gasteiger partial charge in [0.05, 0.1) is 30.3 Å². The largest absolute Gasteiger partial charge is 0.482 e. The topological polar surface area (TPSA) is 92.3 Å². The monoisotopic (exact) mass is 492 g/mol. The summed E-state index contributed by atoms with van der Waals surface area (Å²) < 4.78 is 26.6. The molecule has 0 amide bonds. The molecule has 2 heterocycles. The minimum Gasteiger partial charge on any atom is -0.482 e. The number of nitrogens with zero attached hydrogens (tertiary/aromatic N) is 3. The third-order valence-corrected chi connectivity index (χ3v) is 6.63. The number of nitrogens with two attached hydrogens (primary N) is 1. The minimum absolute atomic E-state index is 0.0965. The van der Waals surface area contributed by atoms with E-state index in [4.69, 9.17) is 38.4 Å². The molecule has 3 atom stereocenters. The number of carbonyl (C=O) groups excluding carboxylic acids is 1. The van der Waals surface area contributed by atoms with Gasteiger partial charge in [0, 0.05) is 34.1 Å². The number of ether oxygens (including phenoxy) is 2. The highest BCUT2D eigenvalue weighted by atomic mass is 35.5. The normalized spacial score (nSPS) is 18.8. The van der Waals surface area contributed by atoms with E-state index in [0.717, 1.165) is 24.0 Å². The number of hydrogen-bond donors (Lipinski definition) is 1. The van der Waals surface area contributed by atoms with Crippen LogP contribution in [-0.2, 0) is 9.53 Å². The van der Waals surface area contributed by atoms with Crippen molar-refractivity contribution in [2.75, 3.05) is 12.8 Å². The fourth-order valence-corrected chi connectivity index (χ4v) is 4.82. The van der Waals surface area contributed by atoms with Gasteiger partial charge < -0.3 is 15.2 Å². The zero-order valence-electron chi connectivity index (χ0n) is 18.1. The molecular formula is C23H23Cl2FN4O3. The summed E-state index contributed by atoms with van der Waals surface area (Å²) in [6.07, 6.45) is 6.91. The van der Waals surface area contributed by atoms with E-state index in [1.54, 1.807) is 25.4 Å². The molecular weight excluding hydrogens is 470 g/mol. The quantitative estimate of drug-likeness (QED) is 0.354. The summed E-state index contributed by atoms with van der Waals surface area (Å²) in [4.78, 5) is 16.0. The molecule has 4 rings (SSSR count). The van der Waals surface area contributed by atoms with E-state index >= 15 is 0 Å². The smallest absolute Gasteiger partial charge is 0.308 e. The number of aromatic nitrogens is 3. The van der Waals surface area contributed by atoms with Gasteiger partial charge in [0.1, 0.15) is 11.9 Å². The van der Waals surface area contributed by atoms with E-state index in [1.807, 2.05) is 10.9 Å². The van der Waals surface area contributed by atoms with Gasteiger partial charge in [0.2, 0.25) is 0 Å². The lowest BCUT2D eigenvalue weighted by Gasteiger charge is -2.19. The van der Waals surface area contributed by atoms with E-state index < -0.39 is 11.9 Å². The molecule has 1 aliphatic rings. The van der Waals surface area contributed by atoms with Crippen LogP contribution in [0.15, 0.2) is 36.8 Å². The maximum atomic E-state index is 13.9. The first-order chi connectivity index (χ1) is 15.8. The number of rotatable bonds is 6. The first-order valence-electron chi connectivity index (χ1n) is 10.5. The number of carbonyl (C=O) groups is 1. The molecule has 2 aromatic heterocycles. The zero-order valence-corrected chi connectivity index (χ0v) is 19.6. The van der Waals surface area contributed by atoms with Gasteiger partial charge >= 0.3 is 5.97 Å². The molecule has 2 N–H and O–H groups in total. The van der Waals surface area contributed by atoms with E-state index in [9.17, 15) is 9.18 Å². The second-order valence-electron chi connectivity index (χ2n) is 8.02. The predicted octanol–water partition coefficient (Wildman–Crippen LogP) is 5.63. The van der Waals surface area contributed by atoms with Crippen molar-refractivity contribution in [3.8, 4) is 16.9 Å². The van der Waals surface area contributed by atoms with Gasteiger partial charge in [-0.3, -0.25) is 9.48 Å². The lowest BCUT2D eigenvalue weighted by atomic mass is 10.1. The SMILES string of the molecule is COC(=O)C1CCC(n2cc(-c3cnc(N)c(OC(C)c4c(Cl)ccc(F)c4Cl)c3)cn2)C1. The van der Waals surface area contributed by atoms with E-state index in [-0.39, 0.29) is 28.8 Å².